The molecule has 0 radical (unpaired) electrons. The number of hydrogen-bond donors (Lipinski definition) is 1. The van der Waals surface area contributed by atoms with Gasteiger partial charge in [-0.15, -0.1) is 0 Å². The van der Waals surface area contributed by atoms with Crippen LogP contribution in [0.5, 0.6) is 0 Å². The fraction of sp³-hybridized carbons (Fsp3) is 0.353. The molecule has 0 bridgehead atoms. The Labute approximate surface area is 120 Å². The molecule has 0 aliphatic rings. The highest BCUT2D eigenvalue weighted by molar-refractivity contribution is 5.37. The van der Waals surface area contributed by atoms with Gasteiger partial charge in [0.15, 0.2) is 5.43 Å². The molecule has 0 aliphatic heterocycles. The van der Waals surface area contributed by atoms with Gasteiger partial charge in [-0.2, -0.15) is 0 Å². The topological polar surface area (TPSA) is 34.0 Å². The molecule has 106 valence electrons. The Balaban J connectivity index is 2.40. The first-order chi connectivity index (χ1) is 9.47. The van der Waals surface area contributed by atoms with Crippen LogP contribution in [0, 0.1) is 13.8 Å². The summed E-state index contributed by atoms with van der Waals surface area (Å²) in [6, 6.07) is 10.4. The molecule has 0 fully saturated rings. The largest absolute Gasteiger partial charge is 0.321 e. The molecule has 2 rings (SSSR count). The lowest BCUT2D eigenvalue weighted by atomic mass is 10.2. The van der Waals surface area contributed by atoms with Crippen LogP contribution in [-0.2, 0) is 6.54 Å². The summed E-state index contributed by atoms with van der Waals surface area (Å²) >= 11 is 0. The smallest absolute Gasteiger partial charge is 0.186 e. The molecular formula is C17H22N2O. The van der Waals surface area contributed by atoms with Crippen LogP contribution in [0.15, 0.2) is 41.3 Å². The molecule has 1 aromatic carbocycles. The fourth-order valence-electron chi connectivity index (χ4n) is 2.10. The summed E-state index contributed by atoms with van der Waals surface area (Å²) in [6.45, 7) is 8.78. The number of rotatable bonds is 4. The zero-order valence-corrected chi connectivity index (χ0v) is 12.6. The van der Waals surface area contributed by atoms with Crippen molar-refractivity contribution in [2.75, 3.05) is 0 Å². The van der Waals surface area contributed by atoms with Crippen molar-refractivity contribution in [3.8, 4) is 5.69 Å². The molecule has 0 spiro atoms. The first-order valence-electron chi connectivity index (χ1n) is 7.00. The van der Waals surface area contributed by atoms with E-state index in [0.29, 0.717) is 12.6 Å². The third-order valence-corrected chi connectivity index (χ3v) is 3.33. The number of aryl methyl sites for hydroxylation is 2. The Morgan fingerprint density at radius 2 is 1.80 bits per heavy atom. The molecule has 0 saturated heterocycles. The third-order valence-electron chi connectivity index (χ3n) is 3.33. The number of benzene rings is 1. The van der Waals surface area contributed by atoms with Gasteiger partial charge in [0.25, 0.3) is 0 Å². The van der Waals surface area contributed by atoms with Gasteiger partial charge in [-0.1, -0.05) is 31.5 Å². The molecule has 2 aromatic rings. The number of nitrogens with zero attached hydrogens (tertiary/aromatic N) is 1. The highest BCUT2D eigenvalue weighted by Gasteiger charge is 2.06. The molecule has 3 heteroatoms. The zero-order valence-electron chi connectivity index (χ0n) is 12.6. The van der Waals surface area contributed by atoms with Gasteiger partial charge in [-0.3, -0.25) is 4.79 Å². The van der Waals surface area contributed by atoms with Crippen LogP contribution in [0.1, 0.15) is 30.7 Å². The minimum Gasteiger partial charge on any atom is -0.321 e. The second-order valence-electron chi connectivity index (χ2n) is 5.55. The molecule has 1 aromatic heterocycles. The Hall–Kier alpha value is -1.87. The molecule has 1 N–H and O–H groups in total. The van der Waals surface area contributed by atoms with Crippen LogP contribution in [0.25, 0.3) is 5.69 Å². The molecule has 3 nitrogen and oxygen atoms in total. The van der Waals surface area contributed by atoms with Gasteiger partial charge in [0, 0.05) is 41.8 Å². The minimum absolute atomic E-state index is 0.0963. The first-order valence-corrected chi connectivity index (χ1v) is 7.00. The number of nitrogens with one attached hydrogen (secondary N) is 1. The minimum atomic E-state index is 0.0963. The molecule has 0 saturated carbocycles. The molecular weight excluding hydrogens is 248 g/mol. The van der Waals surface area contributed by atoms with Crippen molar-refractivity contribution in [2.45, 2.75) is 40.3 Å². The van der Waals surface area contributed by atoms with Gasteiger partial charge >= 0.3 is 0 Å². The van der Waals surface area contributed by atoms with E-state index in [2.05, 4.69) is 54.9 Å². The predicted octanol–water partition coefficient (Wildman–Crippen LogP) is 2.95. The van der Waals surface area contributed by atoms with Crippen molar-refractivity contribution in [3.05, 3.63) is 63.6 Å². The second-order valence-corrected chi connectivity index (χ2v) is 5.55. The van der Waals surface area contributed by atoms with Gasteiger partial charge in [-0.05, 0) is 26.0 Å². The summed E-state index contributed by atoms with van der Waals surface area (Å²) in [7, 11) is 0. The van der Waals surface area contributed by atoms with Crippen molar-refractivity contribution in [2.24, 2.45) is 0 Å². The van der Waals surface area contributed by atoms with Gasteiger partial charge in [0.05, 0.1) is 0 Å². The van der Waals surface area contributed by atoms with Gasteiger partial charge < -0.3 is 9.88 Å². The Bertz CT molecular complexity index is 639. The predicted molar refractivity (Wildman–Crippen MR) is 83.5 cm³/mol. The van der Waals surface area contributed by atoms with Crippen LogP contribution < -0.4 is 10.7 Å². The van der Waals surface area contributed by atoms with Gasteiger partial charge in [0.2, 0.25) is 0 Å². The summed E-state index contributed by atoms with van der Waals surface area (Å²) in [5.74, 6) is 0. The highest BCUT2D eigenvalue weighted by Crippen LogP contribution is 2.12. The Morgan fingerprint density at radius 3 is 2.40 bits per heavy atom. The van der Waals surface area contributed by atoms with Crippen molar-refractivity contribution in [3.63, 3.8) is 0 Å². The maximum absolute atomic E-state index is 12.0. The zero-order chi connectivity index (χ0) is 14.7. The van der Waals surface area contributed by atoms with Crippen molar-refractivity contribution < 1.29 is 0 Å². The normalized spacial score (nSPS) is 11.1. The average Bonchev–Trinajstić information content (AvgIpc) is 2.39. The van der Waals surface area contributed by atoms with Crippen molar-refractivity contribution in [1.82, 2.24) is 9.88 Å². The second kappa shape index (κ2) is 6.06. The van der Waals surface area contributed by atoms with E-state index in [1.807, 2.05) is 13.1 Å². The summed E-state index contributed by atoms with van der Waals surface area (Å²) < 4.78 is 2.07. The third kappa shape index (κ3) is 3.36. The van der Waals surface area contributed by atoms with Crippen LogP contribution in [-0.4, -0.2) is 10.6 Å². The SMILES string of the molecule is Cc1ccc(-n2cc(CNC(C)C)c(=O)cc2C)cc1. The fourth-order valence-corrected chi connectivity index (χ4v) is 2.10. The number of aromatic nitrogens is 1. The van der Waals surface area contributed by atoms with E-state index in [9.17, 15) is 4.79 Å². The van der Waals surface area contributed by atoms with Crippen LogP contribution in [0.4, 0.5) is 0 Å². The van der Waals surface area contributed by atoms with E-state index in [4.69, 9.17) is 0 Å². The van der Waals surface area contributed by atoms with E-state index in [-0.39, 0.29) is 5.43 Å². The van der Waals surface area contributed by atoms with Gasteiger partial charge in [0.1, 0.15) is 0 Å². The van der Waals surface area contributed by atoms with Crippen LogP contribution in [0.2, 0.25) is 0 Å². The Morgan fingerprint density at radius 1 is 1.15 bits per heavy atom. The van der Waals surface area contributed by atoms with E-state index < -0.39 is 0 Å². The lowest BCUT2D eigenvalue weighted by molar-refractivity contribution is 0.585. The van der Waals surface area contributed by atoms with Crippen LogP contribution in [0.3, 0.4) is 0 Å². The number of pyridine rings is 1. The molecule has 20 heavy (non-hydrogen) atoms. The van der Waals surface area contributed by atoms with E-state index in [0.717, 1.165) is 16.9 Å². The lowest BCUT2D eigenvalue weighted by Crippen LogP contribution is -2.26. The molecule has 1 heterocycles. The van der Waals surface area contributed by atoms with Crippen molar-refractivity contribution in [1.29, 1.82) is 0 Å². The van der Waals surface area contributed by atoms with E-state index in [1.54, 1.807) is 6.07 Å². The summed E-state index contributed by atoms with van der Waals surface area (Å²) in [5.41, 5.74) is 4.16. The summed E-state index contributed by atoms with van der Waals surface area (Å²) in [5, 5.41) is 3.30. The average molecular weight is 270 g/mol. The summed E-state index contributed by atoms with van der Waals surface area (Å²) in [6.07, 6.45) is 1.94. The maximum atomic E-state index is 12.0. The van der Waals surface area contributed by atoms with E-state index in [1.165, 1.54) is 5.56 Å². The highest BCUT2D eigenvalue weighted by atomic mass is 16.1. The first kappa shape index (κ1) is 14.5. The summed E-state index contributed by atoms with van der Waals surface area (Å²) in [4.78, 5) is 12.0. The van der Waals surface area contributed by atoms with Gasteiger partial charge in [-0.25, -0.2) is 0 Å². The van der Waals surface area contributed by atoms with Crippen molar-refractivity contribution >= 4 is 0 Å². The molecule has 0 amide bonds. The monoisotopic (exact) mass is 270 g/mol. The maximum Gasteiger partial charge on any atom is 0.186 e. The lowest BCUT2D eigenvalue weighted by Gasteiger charge is -2.14. The molecule has 0 atom stereocenters. The standard InChI is InChI=1S/C17H22N2O/c1-12(2)18-10-15-11-19(14(4)9-17(15)20)16-7-5-13(3)6-8-16/h5-9,11-12,18H,10H2,1-4H3. The van der Waals surface area contributed by atoms with Crippen LogP contribution >= 0.6 is 0 Å². The number of hydrogen-bond acceptors (Lipinski definition) is 2. The molecule has 0 aliphatic carbocycles. The quantitative estimate of drug-likeness (QED) is 0.927. The Kier molecular flexibility index (Phi) is 4.40. The van der Waals surface area contributed by atoms with E-state index >= 15 is 0 Å². The molecule has 0 unspecified atom stereocenters.